The molecule has 3 heteroatoms. The van der Waals surface area contributed by atoms with Crippen molar-refractivity contribution >= 4 is 0 Å². The number of aryl methyl sites for hydroxylation is 1. The van der Waals surface area contributed by atoms with E-state index in [1.807, 2.05) is 0 Å². The Morgan fingerprint density at radius 1 is 1.41 bits per heavy atom. The molecule has 0 radical (unpaired) electrons. The number of nitrogens with one attached hydrogen (secondary N) is 1. The molecule has 3 N–H and O–H groups in total. The van der Waals surface area contributed by atoms with Crippen molar-refractivity contribution in [2.45, 2.75) is 37.8 Å². The first-order chi connectivity index (χ1) is 8.12. The van der Waals surface area contributed by atoms with Crippen LogP contribution in [0.4, 0.5) is 0 Å². The van der Waals surface area contributed by atoms with E-state index in [0.29, 0.717) is 12.6 Å². The molecule has 0 spiro atoms. The highest BCUT2D eigenvalue weighted by atomic mass is 16.3. The molecular weight excluding hydrogens is 214 g/mol. The van der Waals surface area contributed by atoms with Crippen LogP contribution in [0.25, 0.3) is 0 Å². The summed E-state index contributed by atoms with van der Waals surface area (Å²) in [5.74, 6) is 0. The van der Waals surface area contributed by atoms with Crippen LogP contribution in [0, 0.1) is 0 Å². The molecule has 0 heterocycles. The van der Waals surface area contributed by atoms with Crippen LogP contribution in [0.2, 0.25) is 0 Å². The monoisotopic (exact) mass is 235 g/mol. The summed E-state index contributed by atoms with van der Waals surface area (Å²) in [6.07, 6.45) is 3.42. The molecule has 2 rings (SSSR count). The van der Waals surface area contributed by atoms with Crippen LogP contribution >= 0.6 is 0 Å². The van der Waals surface area contributed by atoms with E-state index in [9.17, 15) is 5.11 Å². The predicted molar refractivity (Wildman–Crippen MR) is 67.8 cm³/mol. The van der Waals surface area contributed by atoms with E-state index in [4.69, 9.17) is 5.11 Å². The summed E-state index contributed by atoms with van der Waals surface area (Å²) in [6, 6.07) is 8.76. The van der Waals surface area contributed by atoms with Crippen LogP contribution in [0.5, 0.6) is 0 Å². The van der Waals surface area contributed by atoms with E-state index >= 15 is 0 Å². The first-order valence-electron chi connectivity index (χ1n) is 6.27. The maximum atomic E-state index is 9.79. The molecule has 0 aliphatic heterocycles. The van der Waals surface area contributed by atoms with Gasteiger partial charge in [-0.2, -0.15) is 0 Å². The fourth-order valence-electron chi connectivity index (χ4n) is 2.36. The Kier molecular flexibility index (Phi) is 3.82. The van der Waals surface area contributed by atoms with Gasteiger partial charge in [0.25, 0.3) is 0 Å². The third kappa shape index (κ3) is 3.06. The average Bonchev–Trinajstić information content (AvgIpc) is 2.36. The van der Waals surface area contributed by atoms with Crippen molar-refractivity contribution < 1.29 is 10.2 Å². The van der Waals surface area contributed by atoms with Gasteiger partial charge in [-0.05, 0) is 37.3 Å². The van der Waals surface area contributed by atoms with E-state index in [1.165, 1.54) is 17.5 Å². The number of hydrogen-bond acceptors (Lipinski definition) is 3. The van der Waals surface area contributed by atoms with E-state index in [-0.39, 0.29) is 6.61 Å². The minimum absolute atomic E-state index is 0.214. The van der Waals surface area contributed by atoms with Gasteiger partial charge in [0.05, 0.1) is 12.2 Å². The number of aliphatic hydroxyl groups excluding tert-OH is 1. The van der Waals surface area contributed by atoms with Crippen molar-refractivity contribution in [2.75, 3.05) is 13.2 Å². The second-order valence-corrected chi connectivity index (χ2v) is 5.18. The van der Waals surface area contributed by atoms with Gasteiger partial charge in [-0.3, -0.25) is 0 Å². The standard InChI is InChI=1S/C14H21NO2/c1-14(17,10-16)9-15-13-8-4-6-11-5-2-3-7-12(11)13/h2-3,5,7,13,15-17H,4,6,8-10H2,1H3. The SMILES string of the molecule is CC(O)(CO)CNC1CCCc2ccccc21. The van der Waals surface area contributed by atoms with Gasteiger partial charge in [-0.1, -0.05) is 24.3 Å². The lowest BCUT2D eigenvalue weighted by molar-refractivity contribution is 0.000303. The highest BCUT2D eigenvalue weighted by Crippen LogP contribution is 2.29. The molecule has 94 valence electrons. The summed E-state index contributed by atoms with van der Waals surface area (Å²) in [4.78, 5) is 0. The lowest BCUT2D eigenvalue weighted by Crippen LogP contribution is -2.42. The van der Waals surface area contributed by atoms with Crippen molar-refractivity contribution in [3.05, 3.63) is 35.4 Å². The summed E-state index contributed by atoms with van der Waals surface area (Å²) in [6.45, 7) is 1.85. The molecule has 17 heavy (non-hydrogen) atoms. The van der Waals surface area contributed by atoms with Crippen molar-refractivity contribution in [1.29, 1.82) is 0 Å². The predicted octanol–water partition coefficient (Wildman–Crippen LogP) is 1.40. The van der Waals surface area contributed by atoms with Gasteiger partial charge >= 0.3 is 0 Å². The second kappa shape index (κ2) is 5.17. The molecule has 0 aromatic heterocycles. The lowest BCUT2D eigenvalue weighted by atomic mass is 9.87. The highest BCUT2D eigenvalue weighted by molar-refractivity contribution is 5.32. The zero-order chi connectivity index (χ0) is 12.3. The molecule has 2 unspecified atom stereocenters. The highest BCUT2D eigenvalue weighted by Gasteiger charge is 2.24. The van der Waals surface area contributed by atoms with Crippen molar-refractivity contribution in [1.82, 2.24) is 5.32 Å². The van der Waals surface area contributed by atoms with Gasteiger partial charge in [0.15, 0.2) is 0 Å². The first kappa shape index (κ1) is 12.6. The zero-order valence-electron chi connectivity index (χ0n) is 10.3. The first-order valence-corrected chi connectivity index (χ1v) is 6.27. The Morgan fingerprint density at radius 3 is 2.94 bits per heavy atom. The van der Waals surface area contributed by atoms with Crippen LogP contribution in [-0.2, 0) is 6.42 Å². The molecule has 1 aliphatic carbocycles. The number of fused-ring (bicyclic) bond motifs is 1. The fourth-order valence-corrected chi connectivity index (χ4v) is 2.36. The minimum atomic E-state index is -1.04. The van der Waals surface area contributed by atoms with Crippen molar-refractivity contribution in [2.24, 2.45) is 0 Å². The molecular formula is C14H21NO2. The van der Waals surface area contributed by atoms with Gasteiger partial charge in [0.1, 0.15) is 0 Å². The molecule has 0 amide bonds. The Hall–Kier alpha value is -0.900. The Morgan fingerprint density at radius 2 is 2.18 bits per heavy atom. The molecule has 0 bridgehead atoms. The largest absolute Gasteiger partial charge is 0.393 e. The zero-order valence-corrected chi connectivity index (χ0v) is 10.3. The molecule has 2 atom stereocenters. The maximum absolute atomic E-state index is 9.79. The second-order valence-electron chi connectivity index (χ2n) is 5.18. The van der Waals surface area contributed by atoms with E-state index in [0.717, 1.165) is 12.8 Å². The molecule has 1 aromatic carbocycles. The normalized spacial score (nSPS) is 22.9. The fraction of sp³-hybridized carbons (Fsp3) is 0.571. The van der Waals surface area contributed by atoms with E-state index < -0.39 is 5.60 Å². The van der Waals surface area contributed by atoms with E-state index in [2.05, 4.69) is 29.6 Å². The van der Waals surface area contributed by atoms with Gasteiger partial charge in [-0.25, -0.2) is 0 Å². The van der Waals surface area contributed by atoms with Gasteiger partial charge in [0.2, 0.25) is 0 Å². The average molecular weight is 235 g/mol. The number of hydrogen-bond donors (Lipinski definition) is 3. The number of aliphatic hydroxyl groups is 2. The number of rotatable bonds is 4. The van der Waals surface area contributed by atoms with Crippen LogP contribution in [0.15, 0.2) is 24.3 Å². The van der Waals surface area contributed by atoms with Gasteiger partial charge < -0.3 is 15.5 Å². The third-order valence-corrected chi connectivity index (χ3v) is 3.44. The summed E-state index contributed by atoms with van der Waals surface area (Å²) >= 11 is 0. The van der Waals surface area contributed by atoms with Crippen LogP contribution < -0.4 is 5.32 Å². The third-order valence-electron chi connectivity index (χ3n) is 3.44. The molecule has 0 saturated heterocycles. The molecule has 1 aromatic rings. The summed E-state index contributed by atoms with van der Waals surface area (Å²) in [7, 11) is 0. The summed E-state index contributed by atoms with van der Waals surface area (Å²) in [5, 5.41) is 22.2. The van der Waals surface area contributed by atoms with Crippen LogP contribution in [-0.4, -0.2) is 29.0 Å². The molecule has 1 aliphatic rings. The quantitative estimate of drug-likeness (QED) is 0.739. The molecule has 0 fully saturated rings. The molecule has 3 nitrogen and oxygen atoms in total. The van der Waals surface area contributed by atoms with Crippen LogP contribution in [0.1, 0.15) is 36.9 Å². The Balaban J connectivity index is 2.04. The topological polar surface area (TPSA) is 52.5 Å². The minimum Gasteiger partial charge on any atom is -0.393 e. The Bertz CT molecular complexity index is 376. The summed E-state index contributed by atoms with van der Waals surface area (Å²) < 4.78 is 0. The van der Waals surface area contributed by atoms with E-state index in [1.54, 1.807) is 6.92 Å². The summed E-state index contributed by atoms with van der Waals surface area (Å²) in [5.41, 5.74) is 1.71. The van der Waals surface area contributed by atoms with Crippen molar-refractivity contribution in [3.63, 3.8) is 0 Å². The van der Waals surface area contributed by atoms with Crippen molar-refractivity contribution in [3.8, 4) is 0 Å². The van der Waals surface area contributed by atoms with Gasteiger partial charge in [-0.15, -0.1) is 0 Å². The van der Waals surface area contributed by atoms with Gasteiger partial charge in [0, 0.05) is 12.6 Å². The maximum Gasteiger partial charge on any atom is 0.0973 e. The smallest absolute Gasteiger partial charge is 0.0973 e. The van der Waals surface area contributed by atoms with Crippen LogP contribution in [0.3, 0.4) is 0 Å². The lowest BCUT2D eigenvalue weighted by Gasteiger charge is -2.30. The molecule has 0 saturated carbocycles. The Labute approximate surface area is 102 Å². The number of benzene rings is 1.